The summed E-state index contributed by atoms with van der Waals surface area (Å²) in [7, 11) is 0. The molecule has 15 heavy (non-hydrogen) atoms. The van der Waals surface area contributed by atoms with E-state index in [1.54, 1.807) is 6.26 Å². The molecular weight excluding hydrogens is 188 g/mol. The van der Waals surface area contributed by atoms with Gasteiger partial charge in [0.2, 0.25) is 0 Å². The molecule has 2 aromatic carbocycles. The van der Waals surface area contributed by atoms with Gasteiger partial charge in [-0.3, -0.25) is 0 Å². The Bertz CT molecular complexity index is 623. The molecule has 0 saturated carbocycles. The summed E-state index contributed by atoms with van der Waals surface area (Å²) in [6, 6.07) is 12.1. The summed E-state index contributed by atoms with van der Waals surface area (Å²) in [5.41, 5.74) is 1.68. The Morgan fingerprint density at radius 3 is 2.80 bits per heavy atom. The minimum Gasteiger partial charge on any atom is -0.464 e. The lowest BCUT2D eigenvalue weighted by Crippen LogP contribution is -1.80. The molecule has 0 aliphatic rings. The third kappa shape index (κ3) is 1.15. The molecule has 0 aliphatic carbocycles. The Morgan fingerprint density at radius 2 is 1.93 bits per heavy atom. The molecule has 0 spiro atoms. The summed E-state index contributed by atoms with van der Waals surface area (Å²) in [5, 5.41) is 12.5. The van der Waals surface area contributed by atoms with Crippen LogP contribution in [0.25, 0.3) is 21.7 Å². The van der Waals surface area contributed by atoms with Crippen molar-refractivity contribution < 1.29 is 9.52 Å². The van der Waals surface area contributed by atoms with E-state index in [4.69, 9.17) is 4.42 Å². The lowest BCUT2D eigenvalue weighted by atomic mass is 10.0. The van der Waals surface area contributed by atoms with Gasteiger partial charge >= 0.3 is 0 Å². The van der Waals surface area contributed by atoms with Crippen molar-refractivity contribution in [2.24, 2.45) is 0 Å². The van der Waals surface area contributed by atoms with Gasteiger partial charge < -0.3 is 9.52 Å². The molecule has 1 heterocycles. The van der Waals surface area contributed by atoms with E-state index >= 15 is 0 Å². The summed E-state index contributed by atoms with van der Waals surface area (Å²) in [4.78, 5) is 0. The van der Waals surface area contributed by atoms with Crippen LogP contribution in [0, 0.1) is 0 Å². The second-order valence-electron chi connectivity index (χ2n) is 3.58. The molecule has 0 amide bonds. The van der Waals surface area contributed by atoms with Crippen molar-refractivity contribution in [3.8, 4) is 0 Å². The highest BCUT2D eigenvalue weighted by Gasteiger charge is 2.07. The minimum atomic E-state index is 0.0149. The number of fused-ring (bicyclic) bond motifs is 3. The summed E-state index contributed by atoms with van der Waals surface area (Å²) >= 11 is 0. The Morgan fingerprint density at radius 1 is 1.07 bits per heavy atom. The van der Waals surface area contributed by atoms with E-state index in [9.17, 15) is 5.11 Å². The van der Waals surface area contributed by atoms with Crippen molar-refractivity contribution in [2.45, 2.75) is 6.61 Å². The zero-order chi connectivity index (χ0) is 10.3. The molecule has 3 aromatic rings. The summed E-state index contributed by atoms with van der Waals surface area (Å²) in [6.07, 6.45) is 1.62. The van der Waals surface area contributed by atoms with Crippen LogP contribution in [0.4, 0.5) is 0 Å². The van der Waals surface area contributed by atoms with E-state index in [1.165, 1.54) is 5.39 Å². The zero-order valence-electron chi connectivity index (χ0n) is 8.10. The smallest absolute Gasteiger partial charge is 0.134 e. The quantitative estimate of drug-likeness (QED) is 0.651. The number of aliphatic hydroxyl groups excluding tert-OH is 1. The van der Waals surface area contributed by atoms with Gasteiger partial charge in [-0.25, -0.2) is 0 Å². The largest absolute Gasteiger partial charge is 0.464 e. The van der Waals surface area contributed by atoms with Gasteiger partial charge in [0, 0.05) is 10.9 Å². The van der Waals surface area contributed by atoms with Gasteiger partial charge in [0.1, 0.15) is 5.58 Å². The van der Waals surface area contributed by atoms with Crippen LogP contribution in [0.5, 0.6) is 0 Å². The topological polar surface area (TPSA) is 33.4 Å². The predicted octanol–water partition coefficient (Wildman–Crippen LogP) is 3.08. The second-order valence-corrected chi connectivity index (χ2v) is 3.58. The highest BCUT2D eigenvalue weighted by Crippen LogP contribution is 2.29. The van der Waals surface area contributed by atoms with Crippen LogP contribution in [-0.4, -0.2) is 5.11 Å². The first-order valence-corrected chi connectivity index (χ1v) is 4.89. The monoisotopic (exact) mass is 198 g/mol. The molecule has 0 saturated heterocycles. The van der Waals surface area contributed by atoms with E-state index in [0.717, 1.165) is 21.9 Å². The number of furan rings is 1. The van der Waals surface area contributed by atoms with Crippen molar-refractivity contribution in [2.75, 3.05) is 0 Å². The third-order valence-electron chi connectivity index (χ3n) is 2.71. The molecule has 2 heteroatoms. The molecule has 1 N–H and O–H groups in total. The Kier molecular flexibility index (Phi) is 1.76. The van der Waals surface area contributed by atoms with Crippen LogP contribution in [0.3, 0.4) is 0 Å². The average molecular weight is 198 g/mol. The van der Waals surface area contributed by atoms with Gasteiger partial charge in [-0.1, -0.05) is 30.3 Å². The van der Waals surface area contributed by atoms with Crippen LogP contribution < -0.4 is 0 Å². The first-order chi connectivity index (χ1) is 7.40. The van der Waals surface area contributed by atoms with E-state index in [0.29, 0.717) is 0 Å². The fourth-order valence-electron chi connectivity index (χ4n) is 1.99. The molecule has 0 atom stereocenters. The average Bonchev–Trinajstić information content (AvgIpc) is 2.72. The molecule has 0 radical (unpaired) electrons. The standard InChI is InChI=1S/C13H10O2/c14-7-10-8-15-12-6-5-9-3-1-2-4-11(9)13(10)12/h1-6,8,14H,7H2. The van der Waals surface area contributed by atoms with Gasteiger partial charge in [-0.05, 0) is 16.8 Å². The predicted molar refractivity (Wildman–Crippen MR) is 59.6 cm³/mol. The lowest BCUT2D eigenvalue weighted by Gasteiger charge is -1.99. The van der Waals surface area contributed by atoms with E-state index in [-0.39, 0.29) is 6.61 Å². The molecule has 0 aliphatic heterocycles. The lowest BCUT2D eigenvalue weighted by molar-refractivity contribution is 0.282. The van der Waals surface area contributed by atoms with Gasteiger partial charge in [0.25, 0.3) is 0 Å². The van der Waals surface area contributed by atoms with Crippen LogP contribution >= 0.6 is 0 Å². The van der Waals surface area contributed by atoms with Crippen LogP contribution in [-0.2, 0) is 6.61 Å². The van der Waals surface area contributed by atoms with Crippen molar-refractivity contribution in [3.63, 3.8) is 0 Å². The molecule has 1 aromatic heterocycles. The molecule has 74 valence electrons. The Labute approximate surface area is 86.7 Å². The number of rotatable bonds is 1. The van der Waals surface area contributed by atoms with Crippen molar-refractivity contribution in [3.05, 3.63) is 48.2 Å². The Balaban J connectivity index is 2.56. The van der Waals surface area contributed by atoms with Gasteiger partial charge in [-0.2, -0.15) is 0 Å². The van der Waals surface area contributed by atoms with Crippen molar-refractivity contribution in [1.82, 2.24) is 0 Å². The summed E-state index contributed by atoms with van der Waals surface area (Å²) in [5.74, 6) is 0. The van der Waals surface area contributed by atoms with Crippen LogP contribution in [0.15, 0.2) is 47.1 Å². The summed E-state index contributed by atoms with van der Waals surface area (Å²) < 4.78 is 5.39. The summed E-state index contributed by atoms with van der Waals surface area (Å²) in [6.45, 7) is 0.0149. The SMILES string of the molecule is OCc1coc2ccc3ccccc3c12. The first-order valence-electron chi connectivity index (χ1n) is 4.89. The maximum absolute atomic E-state index is 9.22. The number of aliphatic hydroxyl groups is 1. The molecule has 3 rings (SSSR count). The molecule has 2 nitrogen and oxygen atoms in total. The maximum Gasteiger partial charge on any atom is 0.134 e. The van der Waals surface area contributed by atoms with Crippen LogP contribution in [0.2, 0.25) is 0 Å². The highest BCUT2D eigenvalue weighted by atomic mass is 16.3. The Hall–Kier alpha value is -1.80. The highest BCUT2D eigenvalue weighted by molar-refractivity contribution is 6.07. The molecule has 0 unspecified atom stereocenters. The number of benzene rings is 2. The third-order valence-corrected chi connectivity index (χ3v) is 2.71. The molecule has 0 bridgehead atoms. The van der Waals surface area contributed by atoms with Gasteiger partial charge in [0.15, 0.2) is 0 Å². The van der Waals surface area contributed by atoms with Gasteiger partial charge in [-0.15, -0.1) is 0 Å². The fraction of sp³-hybridized carbons (Fsp3) is 0.0769. The number of hydrogen-bond donors (Lipinski definition) is 1. The van der Waals surface area contributed by atoms with Gasteiger partial charge in [0.05, 0.1) is 12.9 Å². The molecule has 0 fully saturated rings. The van der Waals surface area contributed by atoms with Crippen molar-refractivity contribution >= 4 is 21.7 Å². The maximum atomic E-state index is 9.22. The molecular formula is C13H10O2. The van der Waals surface area contributed by atoms with E-state index in [2.05, 4.69) is 6.07 Å². The zero-order valence-corrected chi connectivity index (χ0v) is 8.10. The first kappa shape index (κ1) is 8.50. The number of hydrogen-bond acceptors (Lipinski definition) is 2. The fourth-order valence-corrected chi connectivity index (χ4v) is 1.99. The second kappa shape index (κ2) is 3.11. The van der Waals surface area contributed by atoms with E-state index < -0.39 is 0 Å². The van der Waals surface area contributed by atoms with E-state index in [1.807, 2.05) is 30.3 Å². The van der Waals surface area contributed by atoms with Crippen LogP contribution in [0.1, 0.15) is 5.56 Å². The van der Waals surface area contributed by atoms with Crippen molar-refractivity contribution in [1.29, 1.82) is 0 Å². The normalized spacial score (nSPS) is 11.3. The minimum absolute atomic E-state index is 0.0149.